The van der Waals surface area contributed by atoms with Crippen LogP contribution in [-0.4, -0.2) is 4.98 Å². The molecule has 2 rings (SSSR count). The van der Waals surface area contributed by atoms with Gasteiger partial charge < -0.3 is 5.73 Å². The monoisotopic (exact) mass is 282 g/mol. The fourth-order valence-corrected chi connectivity index (χ4v) is 2.87. The fourth-order valence-electron chi connectivity index (χ4n) is 2.63. The predicted octanol–water partition coefficient (Wildman–Crippen LogP) is 3.67. The Morgan fingerprint density at radius 2 is 2.25 bits per heavy atom. The van der Waals surface area contributed by atoms with Crippen LogP contribution in [0.1, 0.15) is 44.3 Å². The summed E-state index contributed by atoms with van der Waals surface area (Å²) in [5, 5.41) is 0. The molecule has 3 unspecified atom stereocenters. The van der Waals surface area contributed by atoms with Crippen LogP contribution >= 0.6 is 15.9 Å². The van der Waals surface area contributed by atoms with E-state index in [0.717, 1.165) is 16.1 Å². The lowest BCUT2D eigenvalue weighted by Crippen LogP contribution is -2.26. The van der Waals surface area contributed by atoms with E-state index in [2.05, 4.69) is 27.8 Å². The first-order valence-electron chi connectivity index (χ1n) is 6.04. The third-order valence-electron chi connectivity index (χ3n) is 3.58. The Morgan fingerprint density at radius 1 is 1.44 bits per heavy atom. The SMILES string of the molecule is CC1CCCC(C(N)c2ccc(Br)cn2)C1. The van der Waals surface area contributed by atoms with Crippen LogP contribution in [0.3, 0.4) is 0 Å². The molecule has 1 aromatic rings. The summed E-state index contributed by atoms with van der Waals surface area (Å²) in [5.41, 5.74) is 7.33. The molecule has 1 aliphatic carbocycles. The van der Waals surface area contributed by atoms with Crippen molar-refractivity contribution in [2.75, 3.05) is 0 Å². The van der Waals surface area contributed by atoms with Gasteiger partial charge in [-0.2, -0.15) is 0 Å². The molecule has 88 valence electrons. The summed E-state index contributed by atoms with van der Waals surface area (Å²) in [7, 11) is 0. The minimum atomic E-state index is 0.107. The summed E-state index contributed by atoms with van der Waals surface area (Å²) in [4.78, 5) is 4.41. The molecule has 0 aliphatic heterocycles. The molecular formula is C13H19BrN2. The van der Waals surface area contributed by atoms with E-state index in [0.29, 0.717) is 5.92 Å². The van der Waals surface area contributed by atoms with Gasteiger partial charge in [0, 0.05) is 16.7 Å². The number of nitrogens with two attached hydrogens (primary N) is 1. The lowest BCUT2D eigenvalue weighted by molar-refractivity contribution is 0.245. The molecule has 1 saturated carbocycles. The Balaban J connectivity index is 2.06. The van der Waals surface area contributed by atoms with Crippen LogP contribution in [0.5, 0.6) is 0 Å². The fraction of sp³-hybridized carbons (Fsp3) is 0.615. The number of rotatable bonds is 2. The first kappa shape index (κ1) is 12.1. The Bertz CT molecular complexity index is 336. The molecule has 3 heteroatoms. The van der Waals surface area contributed by atoms with Gasteiger partial charge in [-0.05, 0) is 52.7 Å². The van der Waals surface area contributed by atoms with Crippen molar-refractivity contribution in [1.29, 1.82) is 0 Å². The Labute approximate surface area is 106 Å². The van der Waals surface area contributed by atoms with Gasteiger partial charge in [0.2, 0.25) is 0 Å². The van der Waals surface area contributed by atoms with Gasteiger partial charge in [-0.1, -0.05) is 19.8 Å². The minimum Gasteiger partial charge on any atom is -0.322 e. The average Bonchev–Trinajstić information content (AvgIpc) is 2.29. The number of hydrogen-bond donors (Lipinski definition) is 1. The van der Waals surface area contributed by atoms with Gasteiger partial charge in [0.05, 0.1) is 5.69 Å². The molecular weight excluding hydrogens is 264 g/mol. The summed E-state index contributed by atoms with van der Waals surface area (Å²) >= 11 is 3.40. The second-order valence-corrected chi connectivity index (χ2v) is 5.87. The van der Waals surface area contributed by atoms with Gasteiger partial charge in [0.25, 0.3) is 0 Å². The van der Waals surface area contributed by atoms with Crippen molar-refractivity contribution in [3.05, 3.63) is 28.5 Å². The van der Waals surface area contributed by atoms with E-state index in [9.17, 15) is 0 Å². The highest BCUT2D eigenvalue weighted by molar-refractivity contribution is 9.10. The topological polar surface area (TPSA) is 38.9 Å². The largest absolute Gasteiger partial charge is 0.322 e. The van der Waals surface area contributed by atoms with Gasteiger partial charge in [-0.3, -0.25) is 4.98 Å². The molecule has 1 aromatic heterocycles. The third kappa shape index (κ3) is 2.83. The van der Waals surface area contributed by atoms with E-state index >= 15 is 0 Å². The zero-order chi connectivity index (χ0) is 11.5. The van der Waals surface area contributed by atoms with Crippen LogP contribution in [0.15, 0.2) is 22.8 Å². The summed E-state index contributed by atoms with van der Waals surface area (Å²) in [6, 6.07) is 4.17. The van der Waals surface area contributed by atoms with Gasteiger partial charge in [0.1, 0.15) is 0 Å². The number of halogens is 1. The number of pyridine rings is 1. The molecule has 2 nitrogen and oxygen atoms in total. The van der Waals surface area contributed by atoms with Crippen molar-refractivity contribution in [3.8, 4) is 0 Å². The van der Waals surface area contributed by atoms with Crippen molar-refractivity contribution in [2.24, 2.45) is 17.6 Å². The highest BCUT2D eigenvalue weighted by Crippen LogP contribution is 2.35. The zero-order valence-corrected chi connectivity index (χ0v) is 11.3. The van der Waals surface area contributed by atoms with Crippen molar-refractivity contribution in [1.82, 2.24) is 4.98 Å². The molecule has 0 aromatic carbocycles. The van der Waals surface area contributed by atoms with Crippen LogP contribution in [0.25, 0.3) is 0 Å². The first-order valence-corrected chi connectivity index (χ1v) is 6.83. The molecule has 16 heavy (non-hydrogen) atoms. The normalized spacial score (nSPS) is 27.7. The highest BCUT2D eigenvalue weighted by atomic mass is 79.9. The van der Waals surface area contributed by atoms with Crippen LogP contribution in [0.4, 0.5) is 0 Å². The molecule has 0 radical (unpaired) electrons. The van der Waals surface area contributed by atoms with E-state index in [1.165, 1.54) is 25.7 Å². The lowest BCUT2D eigenvalue weighted by Gasteiger charge is -2.30. The Hall–Kier alpha value is -0.410. The van der Waals surface area contributed by atoms with E-state index < -0.39 is 0 Å². The zero-order valence-electron chi connectivity index (χ0n) is 9.70. The molecule has 0 spiro atoms. The van der Waals surface area contributed by atoms with E-state index in [1.54, 1.807) is 0 Å². The maximum absolute atomic E-state index is 6.30. The predicted molar refractivity (Wildman–Crippen MR) is 70.0 cm³/mol. The molecule has 2 N–H and O–H groups in total. The summed E-state index contributed by atoms with van der Waals surface area (Å²) < 4.78 is 1.01. The summed E-state index contributed by atoms with van der Waals surface area (Å²) in [5.74, 6) is 1.43. The van der Waals surface area contributed by atoms with Crippen LogP contribution < -0.4 is 5.73 Å². The van der Waals surface area contributed by atoms with Crippen molar-refractivity contribution in [2.45, 2.75) is 38.6 Å². The molecule has 1 heterocycles. The maximum atomic E-state index is 6.30. The Morgan fingerprint density at radius 3 is 2.88 bits per heavy atom. The van der Waals surface area contributed by atoms with Gasteiger partial charge in [0.15, 0.2) is 0 Å². The summed E-state index contributed by atoms with van der Waals surface area (Å²) in [6.07, 6.45) is 7.01. The third-order valence-corrected chi connectivity index (χ3v) is 4.05. The van der Waals surface area contributed by atoms with Crippen LogP contribution in [0, 0.1) is 11.8 Å². The van der Waals surface area contributed by atoms with Crippen LogP contribution in [0.2, 0.25) is 0 Å². The molecule has 0 amide bonds. The molecule has 1 fully saturated rings. The molecule has 1 aliphatic rings. The smallest absolute Gasteiger partial charge is 0.0574 e. The van der Waals surface area contributed by atoms with E-state index in [1.807, 2.05) is 18.3 Å². The summed E-state index contributed by atoms with van der Waals surface area (Å²) in [6.45, 7) is 2.33. The van der Waals surface area contributed by atoms with Gasteiger partial charge in [-0.25, -0.2) is 0 Å². The number of aromatic nitrogens is 1. The maximum Gasteiger partial charge on any atom is 0.0574 e. The quantitative estimate of drug-likeness (QED) is 0.899. The van der Waals surface area contributed by atoms with E-state index in [-0.39, 0.29) is 6.04 Å². The first-order chi connectivity index (χ1) is 7.66. The number of hydrogen-bond acceptors (Lipinski definition) is 2. The van der Waals surface area contributed by atoms with Crippen molar-refractivity contribution < 1.29 is 0 Å². The standard InChI is InChI=1S/C13H19BrN2/c1-9-3-2-4-10(7-9)13(15)12-6-5-11(14)8-16-12/h5-6,8-10,13H,2-4,7,15H2,1H3. The number of nitrogens with zero attached hydrogens (tertiary/aromatic N) is 1. The van der Waals surface area contributed by atoms with Crippen LogP contribution in [-0.2, 0) is 0 Å². The van der Waals surface area contributed by atoms with Gasteiger partial charge >= 0.3 is 0 Å². The second kappa shape index (κ2) is 5.28. The minimum absolute atomic E-state index is 0.107. The highest BCUT2D eigenvalue weighted by Gasteiger charge is 2.25. The Kier molecular flexibility index (Phi) is 3.98. The van der Waals surface area contributed by atoms with Gasteiger partial charge in [-0.15, -0.1) is 0 Å². The molecule has 0 saturated heterocycles. The second-order valence-electron chi connectivity index (χ2n) is 4.96. The molecule has 0 bridgehead atoms. The molecule has 3 atom stereocenters. The van der Waals surface area contributed by atoms with E-state index in [4.69, 9.17) is 5.73 Å². The lowest BCUT2D eigenvalue weighted by atomic mass is 9.78. The average molecular weight is 283 g/mol. The van der Waals surface area contributed by atoms with Crippen molar-refractivity contribution in [3.63, 3.8) is 0 Å². The van der Waals surface area contributed by atoms with Crippen molar-refractivity contribution >= 4 is 15.9 Å².